The summed E-state index contributed by atoms with van der Waals surface area (Å²) in [6.07, 6.45) is 9.07. The first-order chi connectivity index (χ1) is 11.2. The van der Waals surface area contributed by atoms with E-state index in [0.717, 1.165) is 6.26 Å². The van der Waals surface area contributed by atoms with Gasteiger partial charge in [-0.3, -0.25) is 4.99 Å². The highest BCUT2D eigenvalue weighted by Gasteiger charge is 2.22. The highest BCUT2D eigenvalue weighted by atomic mass is 127. The average Bonchev–Trinajstić information content (AvgIpc) is 2.72. The van der Waals surface area contributed by atoms with Crippen molar-refractivity contribution in [3.63, 3.8) is 0 Å². The van der Waals surface area contributed by atoms with Gasteiger partial charge in [0.1, 0.15) is 0 Å². The van der Waals surface area contributed by atoms with Crippen LogP contribution in [0.1, 0.15) is 52.4 Å². The molecule has 1 aliphatic carbocycles. The smallest absolute Gasteiger partial charge is 0.209 e. The minimum Gasteiger partial charge on any atom is -0.376 e. The number of hydrogen-bond acceptors (Lipinski definition) is 4. The first kappa shape index (κ1) is 24.9. The zero-order valence-electron chi connectivity index (χ0n) is 15.9. The fourth-order valence-corrected chi connectivity index (χ4v) is 3.94. The molecule has 0 bridgehead atoms. The number of halogens is 1. The van der Waals surface area contributed by atoms with Crippen LogP contribution >= 0.6 is 24.0 Å². The fourth-order valence-electron chi connectivity index (χ4n) is 2.87. The van der Waals surface area contributed by atoms with Gasteiger partial charge in [0.05, 0.1) is 19.0 Å². The van der Waals surface area contributed by atoms with Crippen molar-refractivity contribution < 1.29 is 13.2 Å². The number of sulfonamides is 1. The Balaban J connectivity index is 0.00000576. The molecule has 7 nitrogen and oxygen atoms in total. The van der Waals surface area contributed by atoms with Gasteiger partial charge >= 0.3 is 0 Å². The summed E-state index contributed by atoms with van der Waals surface area (Å²) in [6, 6.07) is 0. The number of rotatable bonds is 8. The molecule has 1 fully saturated rings. The summed E-state index contributed by atoms with van der Waals surface area (Å²) in [6.45, 7) is 5.41. The van der Waals surface area contributed by atoms with E-state index in [2.05, 4.69) is 20.3 Å². The summed E-state index contributed by atoms with van der Waals surface area (Å²) in [5, 5.41) is 6.33. The average molecular weight is 490 g/mol. The van der Waals surface area contributed by atoms with E-state index in [1.165, 1.54) is 38.5 Å². The Kier molecular flexibility index (Phi) is 12.2. The number of nitrogens with one attached hydrogen (secondary N) is 3. The van der Waals surface area contributed by atoms with E-state index in [1.807, 2.05) is 13.8 Å². The Hall–Kier alpha value is -0.130. The number of aliphatic imine (C=N–C) groups is 1. The normalized spacial score (nSPS) is 17.5. The molecule has 0 atom stereocenters. The van der Waals surface area contributed by atoms with Gasteiger partial charge < -0.3 is 15.4 Å². The summed E-state index contributed by atoms with van der Waals surface area (Å²) < 4.78 is 31.2. The van der Waals surface area contributed by atoms with Gasteiger partial charge in [-0.15, -0.1) is 24.0 Å². The Morgan fingerprint density at radius 1 is 1.16 bits per heavy atom. The number of ether oxygens (including phenoxy) is 1. The van der Waals surface area contributed by atoms with E-state index in [-0.39, 0.29) is 24.0 Å². The predicted molar refractivity (Wildman–Crippen MR) is 114 cm³/mol. The predicted octanol–water partition coefficient (Wildman–Crippen LogP) is 1.84. The second kappa shape index (κ2) is 12.3. The lowest BCUT2D eigenvalue weighted by Gasteiger charge is -2.26. The molecule has 3 N–H and O–H groups in total. The van der Waals surface area contributed by atoms with Crippen molar-refractivity contribution in [2.45, 2.75) is 64.0 Å². The van der Waals surface area contributed by atoms with E-state index in [9.17, 15) is 8.42 Å². The SMILES string of the molecule is CN=C(NCCOC1CCCCCC1)NCC(C)(C)NS(C)(=O)=O.I. The molecular formula is C16H35IN4O3S. The minimum absolute atomic E-state index is 0. The monoisotopic (exact) mass is 490 g/mol. The van der Waals surface area contributed by atoms with Crippen molar-refractivity contribution in [2.75, 3.05) is 33.0 Å². The summed E-state index contributed by atoms with van der Waals surface area (Å²) in [7, 11) is -1.55. The molecule has 150 valence electrons. The van der Waals surface area contributed by atoms with Gasteiger partial charge in [0.25, 0.3) is 0 Å². The summed E-state index contributed by atoms with van der Waals surface area (Å²) in [5.41, 5.74) is -0.595. The lowest BCUT2D eigenvalue weighted by atomic mass is 10.1. The van der Waals surface area contributed by atoms with Crippen LogP contribution in [0, 0.1) is 0 Å². The van der Waals surface area contributed by atoms with Gasteiger partial charge in [0.15, 0.2) is 5.96 Å². The largest absolute Gasteiger partial charge is 0.376 e. The molecule has 0 aromatic heterocycles. The Bertz CT molecular complexity index is 490. The summed E-state index contributed by atoms with van der Waals surface area (Å²) >= 11 is 0. The molecule has 0 saturated heterocycles. The van der Waals surface area contributed by atoms with E-state index in [4.69, 9.17) is 4.74 Å². The second-order valence-electron chi connectivity index (χ2n) is 7.10. The standard InChI is InChI=1S/C16H34N4O3S.HI/c1-16(2,20-24(4,21)22)13-19-15(17-3)18-11-12-23-14-9-7-5-6-8-10-14;/h14,20H,5-13H2,1-4H3,(H2,17,18,19);1H. The molecule has 25 heavy (non-hydrogen) atoms. The highest BCUT2D eigenvalue weighted by molar-refractivity contribution is 14.0. The number of guanidine groups is 1. The van der Waals surface area contributed by atoms with Crippen LogP contribution in [0.4, 0.5) is 0 Å². The van der Waals surface area contributed by atoms with Crippen molar-refractivity contribution in [2.24, 2.45) is 4.99 Å². The quantitative estimate of drug-likeness (QED) is 0.159. The highest BCUT2D eigenvalue weighted by Crippen LogP contribution is 2.19. The molecule has 1 aliphatic rings. The molecule has 1 saturated carbocycles. The molecule has 1 rings (SSSR count). The molecule has 0 aromatic rings. The van der Waals surface area contributed by atoms with E-state index < -0.39 is 15.6 Å². The van der Waals surface area contributed by atoms with Crippen molar-refractivity contribution in [1.29, 1.82) is 0 Å². The maximum absolute atomic E-state index is 11.3. The van der Waals surface area contributed by atoms with Crippen LogP contribution in [-0.2, 0) is 14.8 Å². The number of hydrogen-bond donors (Lipinski definition) is 3. The van der Waals surface area contributed by atoms with Crippen molar-refractivity contribution in [3.05, 3.63) is 0 Å². The molecule has 9 heteroatoms. The molecule has 0 spiro atoms. The lowest BCUT2D eigenvalue weighted by molar-refractivity contribution is 0.0468. The molecular weight excluding hydrogens is 455 g/mol. The van der Waals surface area contributed by atoms with Gasteiger partial charge in [-0.05, 0) is 26.7 Å². The van der Waals surface area contributed by atoms with Gasteiger partial charge in [0, 0.05) is 25.7 Å². The third-order valence-corrected chi connectivity index (χ3v) is 4.86. The Labute approximate surface area is 170 Å². The van der Waals surface area contributed by atoms with Crippen molar-refractivity contribution >= 4 is 40.0 Å². The Morgan fingerprint density at radius 2 is 1.76 bits per heavy atom. The lowest BCUT2D eigenvalue weighted by Crippen LogP contribution is -2.53. The van der Waals surface area contributed by atoms with Crippen LogP contribution in [0.3, 0.4) is 0 Å². The van der Waals surface area contributed by atoms with E-state index >= 15 is 0 Å². The summed E-state index contributed by atoms with van der Waals surface area (Å²) in [5.74, 6) is 0.642. The van der Waals surface area contributed by atoms with Crippen LogP contribution in [-0.4, -0.2) is 59.0 Å². The first-order valence-corrected chi connectivity index (χ1v) is 10.7. The third-order valence-electron chi connectivity index (χ3n) is 3.93. The minimum atomic E-state index is -3.24. The molecule has 0 aliphatic heterocycles. The van der Waals surface area contributed by atoms with Gasteiger partial charge in [-0.25, -0.2) is 13.1 Å². The van der Waals surface area contributed by atoms with E-state index in [0.29, 0.717) is 31.8 Å². The number of nitrogens with zero attached hydrogens (tertiary/aromatic N) is 1. The van der Waals surface area contributed by atoms with Gasteiger partial charge in [-0.1, -0.05) is 25.7 Å². The van der Waals surface area contributed by atoms with Crippen LogP contribution in [0.25, 0.3) is 0 Å². The zero-order chi connectivity index (χ0) is 18.1. The maximum atomic E-state index is 11.3. The fraction of sp³-hybridized carbons (Fsp3) is 0.938. The first-order valence-electron chi connectivity index (χ1n) is 8.77. The molecule has 0 unspecified atom stereocenters. The van der Waals surface area contributed by atoms with Gasteiger partial charge in [-0.2, -0.15) is 0 Å². The van der Waals surface area contributed by atoms with Gasteiger partial charge in [0.2, 0.25) is 10.0 Å². The van der Waals surface area contributed by atoms with E-state index in [1.54, 1.807) is 7.05 Å². The second-order valence-corrected chi connectivity index (χ2v) is 8.84. The Morgan fingerprint density at radius 3 is 2.28 bits per heavy atom. The summed E-state index contributed by atoms with van der Waals surface area (Å²) in [4.78, 5) is 4.15. The molecule has 0 amide bonds. The van der Waals surface area contributed by atoms with Crippen molar-refractivity contribution in [3.8, 4) is 0 Å². The van der Waals surface area contributed by atoms with Crippen LogP contribution in [0.5, 0.6) is 0 Å². The topological polar surface area (TPSA) is 91.8 Å². The van der Waals surface area contributed by atoms with Crippen LogP contribution in [0.15, 0.2) is 4.99 Å². The van der Waals surface area contributed by atoms with Crippen molar-refractivity contribution in [1.82, 2.24) is 15.4 Å². The zero-order valence-corrected chi connectivity index (χ0v) is 19.1. The molecule has 0 heterocycles. The third kappa shape index (κ3) is 12.8. The van der Waals surface area contributed by atoms with Crippen LogP contribution in [0.2, 0.25) is 0 Å². The maximum Gasteiger partial charge on any atom is 0.209 e. The molecule has 0 radical (unpaired) electrons. The molecule has 0 aromatic carbocycles. The van der Waals surface area contributed by atoms with Crippen LogP contribution < -0.4 is 15.4 Å².